The van der Waals surface area contributed by atoms with Crippen LogP contribution in [0.15, 0.2) is 46.9 Å². The zero-order valence-electron chi connectivity index (χ0n) is 10.9. The second kappa shape index (κ2) is 5.79. The molecule has 0 aliphatic heterocycles. The number of nitrogens with two attached hydrogens (primary N) is 1. The van der Waals surface area contributed by atoms with Crippen LogP contribution in [0.4, 0.5) is 14.5 Å². The molecule has 0 saturated heterocycles. The van der Waals surface area contributed by atoms with Crippen molar-refractivity contribution in [3.8, 4) is 5.75 Å². The third-order valence-corrected chi connectivity index (χ3v) is 3.32. The molecule has 0 atom stereocenters. The number of benzene rings is 2. The summed E-state index contributed by atoms with van der Waals surface area (Å²) in [5.41, 5.74) is 6.76. The van der Waals surface area contributed by atoms with Crippen molar-refractivity contribution in [3.63, 3.8) is 0 Å². The molecule has 2 aromatic rings. The summed E-state index contributed by atoms with van der Waals surface area (Å²) in [5.74, 6) is -2.77. The molecule has 5 heteroatoms. The molecule has 0 unspecified atom stereocenters. The average Bonchev–Trinajstić information content (AvgIpc) is 2.38. The van der Waals surface area contributed by atoms with E-state index in [9.17, 15) is 8.78 Å². The highest BCUT2D eigenvalue weighted by atomic mass is 79.9. The van der Waals surface area contributed by atoms with Crippen molar-refractivity contribution in [2.24, 2.45) is 0 Å². The largest absolute Gasteiger partial charge is 0.484 e. The van der Waals surface area contributed by atoms with E-state index in [-0.39, 0.29) is 5.56 Å². The molecule has 0 aliphatic carbocycles. The van der Waals surface area contributed by atoms with Crippen LogP contribution in [0.3, 0.4) is 0 Å². The molecule has 2 nitrogen and oxygen atoms in total. The third-order valence-electron chi connectivity index (χ3n) is 2.86. The van der Waals surface area contributed by atoms with Gasteiger partial charge in [-0.05, 0) is 24.6 Å². The molecule has 0 aliphatic rings. The van der Waals surface area contributed by atoms with Crippen molar-refractivity contribution in [1.29, 1.82) is 0 Å². The third kappa shape index (κ3) is 3.28. The molecule has 20 heavy (non-hydrogen) atoms. The summed E-state index contributed by atoms with van der Waals surface area (Å²) in [6, 6.07) is 11.0. The molecular weight excluding hydrogens is 328 g/mol. The summed E-state index contributed by atoms with van der Waals surface area (Å²) in [5, 5.41) is 0. The van der Waals surface area contributed by atoms with Gasteiger partial charge < -0.3 is 10.5 Å². The summed E-state index contributed by atoms with van der Waals surface area (Å²) in [4.78, 5) is 0. The number of rotatable bonds is 4. The highest BCUT2D eigenvalue weighted by molar-refractivity contribution is 9.10. The maximum absolute atomic E-state index is 14.0. The van der Waals surface area contributed by atoms with Gasteiger partial charge in [-0.1, -0.05) is 46.3 Å². The van der Waals surface area contributed by atoms with E-state index >= 15 is 0 Å². The van der Waals surface area contributed by atoms with E-state index in [1.54, 1.807) is 37.3 Å². The van der Waals surface area contributed by atoms with Crippen LogP contribution in [0, 0.1) is 6.92 Å². The Morgan fingerprint density at radius 1 is 1.20 bits per heavy atom. The van der Waals surface area contributed by atoms with Gasteiger partial charge in [-0.2, -0.15) is 8.78 Å². The highest BCUT2D eigenvalue weighted by Crippen LogP contribution is 2.33. The van der Waals surface area contributed by atoms with Crippen molar-refractivity contribution in [2.75, 3.05) is 12.3 Å². The average molecular weight is 342 g/mol. The summed E-state index contributed by atoms with van der Waals surface area (Å²) in [7, 11) is 0. The lowest BCUT2D eigenvalue weighted by atomic mass is 10.1. The molecule has 0 spiro atoms. The number of anilines is 1. The van der Waals surface area contributed by atoms with Crippen molar-refractivity contribution in [2.45, 2.75) is 12.8 Å². The number of ether oxygens (including phenoxy) is 1. The van der Waals surface area contributed by atoms with Gasteiger partial charge in [-0.15, -0.1) is 0 Å². The lowest BCUT2D eigenvalue weighted by Crippen LogP contribution is -2.23. The number of aryl methyl sites for hydroxylation is 1. The molecule has 2 rings (SSSR count). The molecule has 2 aromatic carbocycles. The van der Waals surface area contributed by atoms with Crippen LogP contribution in [-0.2, 0) is 5.92 Å². The van der Waals surface area contributed by atoms with Crippen LogP contribution >= 0.6 is 15.9 Å². The Hall–Kier alpha value is -1.62. The smallest absolute Gasteiger partial charge is 0.306 e. The molecule has 106 valence electrons. The van der Waals surface area contributed by atoms with Crippen LogP contribution < -0.4 is 10.5 Å². The summed E-state index contributed by atoms with van der Waals surface area (Å²) in [6.45, 7) is 1.01. The summed E-state index contributed by atoms with van der Waals surface area (Å²) in [6.07, 6.45) is 0. The second-order valence-corrected chi connectivity index (χ2v) is 5.42. The van der Waals surface area contributed by atoms with Crippen molar-refractivity contribution in [1.82, 2.24) is 0 Å². The first-order valence-corrected chi connectivity index (χ1v) is 6.81. The minimum atomic E-state index is -3.06. The predicted octanol–water partition coefficient (Wildman–Crippen LogP) is 4.51. The fourth-order valence-corrected chi connectivity index (χ4v) is 2.47. The van der Waals surface area contributed by atoms with E-state index < -0.39 is 12.5 Å². The molecule has 0 amide bonds. The molecule has 0 heterocycles. The minimum absolute atomic E-state index is 0.0756. The van der Waals surface area contributed by atoms with E-state index in [4.69, 9.17) is 10.5 Å². The van der Waals surface area contributed by atoms with E-state index in [1.165, 1.54) is 12.1 Å². The maximum atomic E-state index is 14.0. The highest BCUT2D eigenvalue weighted by Gasteiger charge is 2.32. The molecule has 0 fully saturated rings. The first-order valence-electron chi connectivity index (χ1n) is 6.02. The van der Waals surface area contributed by atoms with E-state index in [2.05, 4.69) is 15.9 Å². The van der Waals surface area contributed by atoms with Gasteiger partial charge >= 0.3 is 5.92 Å². The van der Waals surface area contributed by atoms with Crippen LogP contribution in [0.5, 0.6) is 5.75 Å². The Morgan fingerprint density at radius 2 is 1.85 bits per heavy atom. The van der Waals surface area contributed by atoms with Crippen molar-refractivity contribution >= 4 is 21.6 Å². The molecule has 0 saturated carbocycles. The molecule has 2 N–H and O–H groups in total. The van der Waals surface area contributed by atoms with Gasteiger partial charge in [-0.25, -0.2) is 0 Å². The Kier molecular flexibility index (Phi) is 4.28. The molecule has 0 radical (unpaired) electrons. The lowest BCUT2D eigenvalue weighted by molar-refractivity contribution is -0.0466. The molecular formula is C15H14BrF2NO. The van der Waals surface area contributed by atoms with Gasteiger partial charge in [0.25, 0.3) is 0 Å². The Morgan fingerprint density at radius 3 is 2.45 bits per heavy atom. The summed E-state index contributed by atoms with van der Waals surface area (Å²) < 4.78 is 34.1. The first-order chi connectivity index (χ1) is 9.40. The van der Waals surface area contributed by atoms with Crippen molar-refractivity contribution in [3.05, 3.63) is 58.1 Å². The Labute approximate surface area is 124 Å². The van der Waals surface area contributed by atoms with Crippen molar-refractivity contribution < 1.29 is 13.5 Å². The first kappa shape index (κ1) is 14.8. The SMILES string of the molecule is Cc1cc(Br)cc(N)c1OCC(F)(F)c1ccccc1. The van der Waals surface area contributed by atoms with E-state index in [1.807, 2.05) is 0 Å². The Balaban J connectivity index is 2.17. The molecule has 0 bridgehead atoms. The maximum Gasteiger partial charge on any atom is 0.306 e. The number of alkyl halides is 2. The van der Waals surface area contributed by atoms with Crippen LogP contribution in [0.25, 0.3) is 0 Å². The van der Waals surface area contributed by atoms with Crippen LogP contribution in [-0.4, -0.2) is 6.61 Å². The number of nitrogen functional groups attached to an aromatic ring is 1. The van der Waals surface area contributed by atoms with E-state index in [0.717, 1.165) is 4.47 Å². The van der Waals surface area contributed by atoms with Gasteiger partial charge in [0.05, 0.1) is 5.69 Å². The predicted molar refractivity (Wildman–Crippen MR) is 79.1 cm³/mol. The standard InChI is InChI=1S/C15H14BrF2NO/c1-10-7-12(16)8-13(19)14(10)20-9-15(17,18)11-5-3-2-4-6-11/h2-8H,9,19H2,1H3. The zero-order valence-corrected chi connectivity index (χ0v) is 12.5. The quantitative estimate of drug-likeness (QED) is 0.830. The number of hydrogen-bond acceptors (Lipinski definition) is 2. The van der Waals surface area contributed by atoms with E-state index in [0.29, 0.717) is 17.0 Å². The fraction of sp³-hybridized carbons (Fsp3) is 0.200. The molecule has 0 aromatic heterocycles. The number of hydrogen-bond donors (Lipinski definition) is 1. The van der Waals surface area contributed by atoms with Gasteiger partial charge in [0.15, 0.2) is 6.61 Å². The van der Waals surface area contributed by atoms with Crippen LogP contribution in [0.1, 0.15) is 11.1 Å². The van der Waals surface area contributed by atoms with Gasteiger partial charge in [0, 0.05) is 10.0 Å². The second-order valence-electron chi connectivity index (χ2n) is 4.50. The lowest BCUT2D eigenvalue weighted by Gasteiger charge is -2.19. The topological polar surface area (TPSA) is 35.2 Å². The zero-order chi connectivity index (χ0) is 14.8. The fourth-order valence-electron chi connectivity index (χ4n) is 1.88. The van der Waals surface area contributed by atoms with Gasteiger partial charge in [-0.3, -0.25) is 0 Å². The van der Waals surface area contributed by atoms with Gasteiger partial charge in [0.2, 0.25) is 0 Å². The Bertz CT molecular complexity index is 579. The number of halogens is 3. The normalized spacial score (nSPS) is 11.4. The minimum Gasteiger partial charge on any atom is -0.484 e. The van der Waals surface area contributed by atoms with Gasteiger partial charge in [0.1, 0.15) is 5.75 Å². The summed E-state index contributed by atoms with van der Waals surface area (Å²) >= 11 is 3.29. The van der Waals surface area contributed by atoms with Crippen LogP contribution in [0.2, 0.25) is 0 Å². The monoisotopic (exact) mass is 341 g/mol.